The molecule has 5 N–H and O–H groups in total. The number of aromatic hydroxyl groups is 1. The number of hydrogen-bond acceptors (Lipinski definition) is 6. The molecule has 98 valence electrons. The van der Waals surface area contributed by atoms with Crippen molar-refractivity contribution in [1.29, 1.82) is 0 Å². The van der Waals surface area contributed by atoms with Gasteiger partial charge in [-0.2, -0.15) is 0 Å². The van der Waals surface area contributed by atoms with Gasteiger partial charge < -0.3 is 21.1 Å². The molecule has 0 spiro atoms. The third-order valence-electron chi connectivity index (χ3n) is 2.30. The van der Waals surface area contributed by atoms with Crippen LogP contribution < -0.4 is 5.73 Å². The van der Waals surface area contributed by atoms with Crippen LogP contribution in [0.15, 0.2) is 18.2 Å². The molecule has 0 bridgehead atoms. The average molecular weight is 256 g/mol. The largest absolute Gasteiger partial charge is 0.508 e. The molecule has 0 saturated carbocycles. The van der Waals surface area contributed by atoms with Crippen LogP contribution in [0.25, 0.3) is 0 Å². The van der Waals surface area contributed by atoms with Crippen LogP contribution in [0.1, 0.15) is 18.1 Å². The lowest BCUT2D eigenvalue weighted by molar-refractivity contribution is -0.386. The Labute approximate surface area is 101 Å². The van der Waals surface area contributed by atoms with Gasteiger partial charge in [-0.1, -0.05) is 0 Å². The number of hydrogen-bond donors (Lipinski definition) is 4. The maximum absolute atomic E-state index is 10.7. The standard InChI is InChI=1S/C10H12N2O6/c11-9(15)4-8(14)10(16)6-2-1-5(13)3-7(6)12(17)18/h1-3,8,10,13-14,16H,4H2,(H2,11,15). The second-order valence-electron chi connectivity index (χ2n) is 3.68. The molecule has 18 heavy (non-hydrogen) atoms. The number of amides is 1. The molecule has 8 heteroatoms. The number of primary amides is 1. The lowest BCUT2D eigenvalue weighted by Crippen LogP contribution is -2.26. The number of aliphatic hydroxyl groups is 2. The molecule has 1 amide bonds. The normalized spacial score (nSPS) is 13.9. The summed E-state index contributed by atoms with van der Waals surface area (Å²) in [5.74, 6) is -1.19. The number of nitrogens with zero attached hydrogens (tertiary/aromatic N) is 1. The molecule has 0 fully saturated rings. The molecule has 0 aliphatic rings. The lowest BCUT2D eigenvalue weighted by Gasteiger charge is -2.16. The number of phenols is 1. The second-order valence-corrected chi connectivity index (χ2v) is 3.68. The van der Waals surface area contributed by atoms with Crippen LogP contribution in [0, 0.1) is 10.1 Å². The zero-order valence-electron chi connectivity index (χ0n) is 9.18. The highest BCUT2D eigenvalue weighted by atomic mass is 16.6. The van der Waals surface area contributed by atoms with E-state index in [0.29, 0.717) is 0 Å². The van der Waals surface area contributed by atoms with Crippen molar-refractivity contribution in [2.45, 2.75) is 18.6 Å². The van der Waals surface area contributed by atoms with Gasteiger partial charge in [0.1, 0.15) is 11.9 Å². The molecule has 0 saturated heterocycles. The van der Waals surface area contributed by atoms with Crippen molar-refractivity contribution in [3.05, 3.63) is 33.9 Å². The highest BCUT2D eigenvalue weighted by Gasteiger charge is 2.27. The minimum atomic E-state index is -1.64. The fraction of sp³-hybridized carbons (Fsp3) is 0.300. The molecule has 2 atom stereocenters. The van der Waals surface area contributed by atoms with Crippen LogP contribution >= 0.6 is 0 Å². The number of phenolic OH excluding ortho intramolecular Hbond substituents is 1. The highest BCUT2D eigenvalue weighted by molar-refractivity contribution is 5.74. The number of rotatable bonds is 5. The molecule has 8 nitrogen and oxygen atoms in total. The Kier molecular flexibility index (Phi) is 4.18. The summed E-state index contributed by atoms with van der Waals surface area (Å²) in [7, 11) is 0. The summed E-state index contributed by atoms with van der Waals surface area (Å²) in [6.07, 6.45) is -3.72. The first-order valence-corrected chi connectivity index (χ1v) is 4.94. The smallest absolute Gasteiger partial charge is 0.278 e. The molecule has 1 aromatic rings. The number of nitro benzene ring substituents is 1. The van der Waals surface area contributed by atoms with E-state index in [9.17, 15) is 25.1 Å². The summed E-state index contributed by atoms with van der Waals surface area (Å²) >= 11 is 0. The molecular formula is C10H12N2O6. The van der Waals surface area contributed by atoms with E-state index in [1.807, 2.05) is 0 Å². The van der Waals surface area contributed by atoms with E-state index in [-0.39, 0.29) is 11.3 Å². The molecule has 1 rings (SSSR count). The Morgan fingerprint density at radius 2 is 2.06 bits per heavy atom. The number of nitro groups is 1. The van der Waals surface area contributed by atoms with E-state index in [1.54, 1.807) is 0 Å². The molecule has 0 aliphatic heterocycles. The Morgan fingerprint density at radius 3 is 2.56 bits per heavy atom. The highest BCUT2D eigenvalue weighted by Crippen LogP contribution is 2.31. The van der Waals surface area contributed by atoms with E-state index >= 15 is 0 Å². The Morgan fingerprint density at radius 1 is 1.44 bits per heavy atom. The quantitative estimate of drug-likeness (QED) is 0.415. The van der Waals surface area contributed by atoms with Crippen LogP contribution in [0.3, 0.4) is 0 Å². The van der Waals surface area contributed by atoms with Crippen LogP contribution in [0.2, 0.25) is 0 Å². The summed E-state index contributed by atoms with van der Waals surface area (Å²) in [5, 5.41) is 39.1. The number of carbonyl (C=O) groups is 1. The van der Waals surface area contributed by atoms with Gasteiger partial charge in [0.25, 0.3) is 5.69 Å². The van der Waals surface area contributed by atoms with Crippen LogP contribution in [-0.4, -0.2) is 32.3 Å². The van der Waals surface area contributed by atoms with Gasteiger partial charge in [0, 0.05) is 0 Å². The van der Waals surface area contributed by atoms with Crippen LogP contribution in [-0.2, 0) is 4.79 Å². The van der Waals surface area contributed by atoms with Gasteiger partial charge in [-0.3, -0.25) is 14.9 Å². The van der Waals surface area contributed by atoms with Crippen molar-refractivity contribution in [3.8, 4) is 5.75 Å². The molecular weight excluding hydrogens is 244 g/mol. The summed E-state index contributed by atoms with van der Waals surface area (Å²) < 4.78 is 0. The van der Waals surface area contributed by atoms with Crippen molar-refractivity contribution in [2.24, 2.45) is 5.73 Å². The van der Waals surface area contributed by atoms with Crippen molar-refractivity contribution in [3.63, 3.8) is 0 Å². The van der Waals surface area contributed by atoms with Crippen molar-refractivity contribution >= 4 is 11.6 Å². The van der Waals surface area contributed by atoms with Gasteiger partial charge in [0.2, 0.25) is 5.91 Å². The van der Waals surface area contributed by atoms with Crippen LogP contribution in [0.4, 0.5) is 5.69 Å². The van der Waals surface area contributed by atoms with Crippen LogP contribution in [0.5, 0.6) is 5.75 Å². The summed E-state index contributed by atoms with van der Waals surface area (Å²) in [4.78, 5) is 20.5. The van der Waals surface area contributed by atoms with Crippen molar-refractivity contribution < 1.29 is 25.0 Å². The van der Waals surface area contributed by atoms with Gasteiger partial charge >= 0.3 is 0 Å². The van der Waals surface area contributed by atoms with E-state index in [1.165, 1.54) is 0 Å². The third-order valence-corrected chi connectivity index (χ3v) is 2.30. The monoisotopic (exact) mass is 256 g/mol. The lowest BCUT2D eigenvalue weighted by atomic mass is 10.00. The Hall–Kier alpha value is -2.19. The molecule has 0 aromatic heterocycles. The minimum absolute atomic E-state index is 0.202. The zero-order chi connectivity index (χ0) is 13.9. The SMILES string of the molecule is NC(=O)CC(O)C(O)c1ccc(O)cc1[N+](=O)[O-]. The molecule has 0 radical (unpaired) electrons. The molecule has 0 aliphatic carbocycles. The first-order chi connectivity index (χ1) is 8.32. The van der Waals surface area contributed by atoms with Gasteiger partial charge in [0.05, 0.1) is 29.1 Å². The summed E-state index contributed by atoms with van der Waals surface area (Å²) in [6.45, 7) is 0. The van der Waals surface area contributed by atoms with Crippen molar-refractivity contribution in [1.82, 2.24) is 0 Å². The predicted octanol–water partition coefficient (Wildman–Crippen LogP) is -0.430. The third kappa shape index (κ3) is 3.15. The van der Waals surface area contributed by atoms with Gasteiger partial charge in [-0.05, 0) is 12.1 Å². The van der Waals surface area contributed by atoms with Crippen molar-refractivity contribution in [2.75, 3.05) is 0 Å². The molecule has 2 unspecified atom stereocenters. The van der Waals surface area contributed by atoms with Gasteiger partial charge in [-0.25, -0.2) is 0 Å². The molecule has 1 aromatic carbocycles. The van der Waals surface area contributed by atoms with E-state index in [0.717, 1.165) is 18.2 Å². The minimum Gasteiger partial charge on any atom is -0.508 e. The molecule has 0 heterocycles. The maximum Gasteiger partial charge on any atom is 0.278 e. The number of aliphatic hydroxyl groups excluding tert-OH is 2. The number of benzene rings is 1. The van der Waals surface area contributed by atoms with Gasteiger partial charge in [-0.15, -0.1) is 0 Å². The van der Waals surface area contributed by atoms with E-state index < -0.39 is 35.1 Å². The summed E-state index contributed by atoms with van der Waals surface area (Å²) in [6, 6.07) is 3.07. The first-order valence-electron chi connectivity index (χ1n) is 4.94. The number of carbonyl (C=O) groups excluding carboxylic acids is 1. The maximum atomic E-state index is 10.7. The average Bonchev–Trinajstić information content (AvgIpc) is 2.26. The van der Waals surface area contributed by atoms with Gasteiger partial charge in [0.15, 0.2) is 0 Å². The van der Waals surface area contributed by atoms with E-state index in [2.05, 4.69) is 0 Å². The predicted molar refractivity (Wildman–Crippen MR) is 59.5 cm³/mol. The Bertz CT molecular complexity index is 475. The topological polar surface area (TPSA) is 147 Å². The zero-order valence-corrected chi connectivity index (χ0v) is 9.18. The summed E-state index contributed by atoms with van der Waals surface area (Å²) in [5.41, 5.74) is 4.10. The number of nitrogens with two attached hydrogens (primary N) is 1. The fourth-order valence-electron chi connectivity index (χ4n) is 1.47. The van der Waals surface area contributed by atoms with E-state index in [4.69, 9.17) is 10.8 Å². The second kappa shape index (κ2) is 5.43. The Balaban J connectivity index is 3.08. The first kappa shape index (κ1) is 13.9. The fourth-order valence-corrected chi connectivity index (χ4v) is 1.47.